The lowest BCUT2D eigenvalue weighted by Crippen LogP contribution is -2.58. The summed E-state index contributed by atoms with van der Waals surface area (Å²) in [4.78, 5) is 73.1. The Kier molecular flexibility index (Phi) is 10.4. The Hall–Kier alpha value is -5.50. The van der Waals surface area contributed by atoms with Crippen molar-refractivity contribution in [3.05, 3.63) is 90.1 Å². The number of amides is 3. The first kappa shape index (κ1) is 31.4. The number of carboxylic acid groups (broad SMARTS) is 2. The molecule has 2 heterocycles. The minimum Gasteiger partial charge on any atom is -0.481 e. The number of aliphatic carboxylic acids is 2. The molecule has 0 bridgehead atoms. The Morgan fingerprint density at radius 3 is 2.11 bits per heavy atom. The van der Waals surface area contributed by atoms with Gasteiger partial charge in [0, 0.05) is 41.8 Å². The van der Waals surface area contributed by atoms with E-state index in [9.17, 15) is 34.2 Å². The molecule has 4 atom stereocenters. The molecule has 0 fully saturated rings. The summed E-state index contributed by atoms with van der Waals surface area (Å²) in [6.45, 7) is 0. The number of H-pyrrole nitrogens is 2. The second-order valence-corrected chi connectivity index (χ2v) is 10.3. The molecule has 14 heteroatoms. The Morgan fingerprint density at radius 2 is 1.43 bits per heavy atom. The summed E-state index contributed by atoms with van der Waals surface area (Å²) in [6.07, 6.45) is 3.64. The first-order valence-electron chi connectivity index (χ1n) is 13.8. The van der Waals surface area contributed by atoms with Crippen LogP contribution in [0.5, 0.6) is 0 Å². The number of benzene rings is 2. The standard InChI is InChI=1S/C30H33N7O7/c31-21(10-17-6-2-1-3-7-17)27(40)35-24(13-26(38)39)29(42)36-23(12-19-15-32-16-34-19)28(41)37-25(30(43)44)11-18-14-33-22-9-5-4-8-20(18)22/h1-9,14-16,21,23-25,33H,10-13,31H2,(H,32,34)(H,35,40)(H,36,42)(H,37,41)(H,38,39)(H,43,44). The molecule has 3 amide bonds. The minimum atomic E-state index is -1.57. The number of fused-ring (bicyclic) bond motifs is 1. The van der Waals surface area contributed by atoms with E-state index < -0.39 is 60.2 Å². The van der Waals surface area contributed by atoms with Crippen LogP contribution in [0.15, 0.2) is 73.3 Å². The van der Waals surface area contributed by atoms with Crippen LogP contribution in [0.25, 0.3) is 10.9 Å². The Bertz CT molecular complexity index is 1600. The average molecular weight is 604 g/mol. The molecule has 0 spiro atoms. The maximum Gasteiger partial charge on any atom is 0.326 e. The molecular formula is C30H33N7O7. The van der Waals surface area contributed by atoms with Crippen LogP contribution in [0.2, 0.25) is 0 Å². The van der Waals surface area contributed by atoms with Crippen molar-refractivity contribution in [1.29, 1.82) is 0 Å². The zero-order valence-electron chi connectivity index (χ0n) is 23.5. The Morgan fingerprint density at radius 1 is 0.773 bits per heavy atom. The number of hydrogen-bond acceptors (Lipinski definition) is 7. The van der Waals surface area contributed by atoms with E-state index >= 15 is 0 Å². The molecule has 4 unspecified atom stereocenters. The van der Waals surface area contributed by atoms with E-state index in [1.54, 1.807) is 36.5 Å². The van der Waals surface area contributed by atoms with Crippen LogP contribution >= 0.6 is 0 Å². The van der Waals surface area contributed by atoms with E-state index in [0.717, 1.165) is 16.5 Å². The molecule has 0 aliphatic rings. The van der Waals surface area contributed by atoms with Gasteiger partial charge in [0.05, 0.1) is 18.8 Å². The van der Waals surface area contributed by atoms with Crippen molar-refractivity contribution < 1.29 is 34.2 Å². The van der Waals surface area contributed by atoms with Crippen LogP contribution in [0.4, 0.5) is 0 Å². The number of nitrogens with two attached hydrogens (primary N) is 1. The second kappa shape index (κ2) is 14.6. The molecule has 4 aromatic rings. The largest absolute Gasteiger partial charge is 0.481 e. The summed E-state index contributed by atoms with van der Waals surface area (Å²) < 4.78 is 0. The molecule has 9 N–H and O–H groups in total. The molecule has 0 radical (unpaired) electrons. The predicted molar refractivity (Wildman–Crippen MR) is 158 cm³/mol. The average Bonchev–Trinajstić information content (AvgIpc) is 3.66. The number of carboxylic acids is 2. The highest BCUT2D eigenvalue weighted by molar-refractivity contribution is 5.96. The van der Waals surface area contributed by atoms with Crippen LogP contribution in [-0.2, 0) is 43.2 Å². The Labute approximate surface area is 251 Å². The molecule has 0 aliphatic heterocycles. The fourth-order valence-corrected chi connectivity index (χ4v) is 4.71. The third-order valence-corrected chi connectivity index (χ3v) is 6.97. The highest BCUT2D eigenvalue weighted by Crippen LogP contribution is 2.19. The van der Waals surface area contributed by atoms with Crippen molar-refractivity contribution in [1.82, 2.24) is 30.9 Å². The van der Waals surface area contributed by atoms with Crippen molar-refractivity contribution in [2.45, 2.75) is 49.9 Å². The van der Waals surface area contributed by atoms with Crippen molar-refractivity contribution in [3.63, 3.8) is 0 Å². The number of para-hydroxylation sites is 1. The summed E-state index contributed by atoms with van der Waals surface area (Å²) in [6, 6.07) is 10.9. The van der Waals surface area contributed by atoms with Crippen LogP contribution < -0.4 is 21.7 Å². The number of carbonyl (C=O) groups excluding carboxylic acids is 3. The fourth-order valence-electron chi connectivity index (χ4n) is 4.71. The van der Waals surface area contributed by atoms with E-state index in [1.165, 1.54) is 12.5 Å². The maximum absolute atomic E-state index is 13.4. The van der Waals surface area contributed by atoms with E-state index in [4.69, 9.17) is 5.73 Å². The highest BCUT2D eigenvalue weighted by atomic mass is 16.4. The lowest BCUT2D eigenvalue weighted by atomic mass is 10.0. The summed E-state index contributed by atoms with van der Waals surface area (Å²) in [7, 11) is 0. The number of hydrogen-bond donors (Lipinski definition) is 8. The van der Waals surface area contributed by atoms with Gasteiger partial charge >= 0.3 is 11.9 Å². The molecule has 0 aliphatic carbocycles. The zero-order chi connectivity index (χ0) is 31.6. The molecule has 14 nitrogen and oxygen atoms in total. The monoisotopic (exact) mass is 603 g/mol. The van der Waals surface area contributed by atoms with Crippen LogP contribution in [0.3, 0.4) is 0 Å². The highest BCUT2D eigenvalue weighted by Gasteiger charge is 2.32. The lowest BCUT2D eigenvalue weighted by molar-refractivity contribution is -0.143. The number of imidazole rings is 1. The molecule has 0 saturated carbocycles. The first-order valence-corrected chi connectivity index (χ1v) is 13.8. The normalized spacial score (nSPS) is 13.8. The zero-order valence-corrected chi connectivity index (χ0v) is 23.5. The number of aromatic nitrogens is 3. The van der Waals surface area contributed by atoms with Gasteiger partial charge in [-0.3, -0.25) is 19.2 Å². The summed E-state index contributed by atoms with van der Waals surface area (Å²) in [5.74, 6) is -5.22. The van der Waals surface area contributed by atoms with Crippen molar-refractivity contribution in [2.75, 3.05) is 0 Å². The SMILES string of the molecule is NC(Cc1ccccc1)C(=O)NC(CC(=O)O)C(=O)NC(Cc1cnc[nH]1)C(=O)NC(Cc1c[nH]c2ccccc12)C(=O)O. The predicted octanol–water partition coefficient (Wildman–Crippen LogP) is 0.260. The quantitative estimate of drug-likeness (QED) is 0.0929. The van der Waals surface area contributed by atoms with Gasteiger partial charge in [0.1, 0.15) is 18.1 Å². The van der Waals surface area contributed by atoms with Crippen LogP contribution in [0.1, 0.15) is 23.2 Å². The summed E-state index contributed by atoms with van der Waals surface area (Å²) in [5, 5.41) is 27.4. The van der Waals surface area contributed by atoms with Crippen LogP contribution in [-0.4, -0.2) is 79.0 Å². The van der Waals surface area contributed by atoms with Crippen LogP contribution in [0, 0.1) is 0 Å². The molecule has 4 rings (SSSR count). The lowest BCUT2D eigenvalue weighted by Gasteiger charge is -2.24. The first-order chi connectivity index (χ1) is 21.1. The van der Waals surface area contributed by atoms with Gasteiger partial charge in [0.15, 0.2) is 0 Å². The Balaban J connectivity index is 1.48. The van der Waals surface area contributed by atoms with E-state index in [2.05, 4.69) is 30.9 Å². The van der Waals surface area contributed by atoms with Gasteiger partial charge in [-0.2, -0.15) is 0 Å². The van der Waals surface area contributed by atoms with E-state index in [0.29, 0.717) is 11.3 Å². The maximum atomic E-state index is 13.4. The third-order valence-electron chi connectivity index (χ3n) is 6.97. The summed E-state index contributed by atoms with van der Waals surface area (Å²) >= 11 is 0. The van der Waals surface area contributed by atoms with Gasteiger partial charge in [-0.25, -0.2) is 9.78 Å². The molecule has 2 aromatic carbocycles. The van der Waals surface area contributed by atoms with E-state index in [1.807, 2.05) is 24.3 Å². The van der Waals surface area contributed by atoms with Crippen molar-refractivity contribution in [2.24, 2.45) is 5.73 Å². The number of nitrogens with one attached hydrogen (secondary N) is 5. The van der Waals surface area contributed by atoms with Gasteiger partial charge in [-0.1, -0.05) is 48.5 Å². The van der Waals surface area contributed by atoms with Crippen molar-refractivity contribution in [3.8, 4) is 0 Å². The van der Waals surface area contributed by atoms with Gasteiger partial charge in [0.25, 0.3) is 0 Å². The minimum absolute atomic E-state index is 0.0488. The molecular weight excluding hydrogens is 570 g/mol. The number of carbonyl (C=O) groups is 5. The molecule has 2 aromatic heterocycles. The fraction of sp³-hybridized carbons (Fsp3) is 0.267. The third kappa shape index (κ3) is 8.51. The van der Waals surface area contributed by atoms with Crippen molar-refractivity contribution >= 4 is 40.6 Å². The summed E-state index contributed by atoms with van der Waals surface area (Å²) in [5.41, 5.74) is 8.70. The number of aromatic amines is 2. The smallest absolute Gasteiger partial charge is 0.326 e. The van der Waals surface area contributed by atoms with Gasteiger partial charge in [-0.15, -0.1) is 0 Å². The number of rotatable bonds is 15. The molecule has 44 heavy (non-hydrogen) atoms. The van der Waals surface area contributed by atoms with Gasteiger partial charge in [-0.05, 0) is 23.6 Å². The van der Waals surface area contributed by atoms with Gasteiger partial charge in [0.2, 0.25) is 17.7 Å². The van der Waals surface area contributed by atoms with Gasteiger partial charge < -0.3 is 41.9 Å². The second-order valence-electron chi connectivity index (χ2n) is 10.3. The molecule has 230 valence electrons. The van der Waals surface area contributed by atoms with E-state index in [-0.39, 0.29) is 19.3 Å². The topological polar surface area (TPSA) is 232 Å². The molecule has 0 saturated heterocycles. The number of nitrogens with zero attached hydrogens (tertiary/aromatic N) is 1.